The van der Waals surface area contributed by atoms with Crippen LogP contribution in [-0.2, 0) is 13.0 Å². The van der Waals surface area contributed by atoms with Crippen LogP contribution in [0.25, 0.3) is 17.0 Å². The molecule has 4 aromatic rings. The maximum Gasteiger partial charge on any atom is 0.490 e. The summed E-state index contributed by atoms with van der Waals surface area (Å²) in [6.07, 6.45) is 0.592. The number of nitrogens with one attached hydrogen (secondary N) is 1. The third kappa shape index (κ3) is 4.05. The Bertz CT molecular complexity index is 1230. The first-order chi connectivity index (χ1) is 15.0. The van der Waals surface area contributed by atoms with Gasteiger partial charge < -0.3 is 20.1 Å². The highest BCUT2D eigenvalue weighted by Crippen LogP contribution is 2.24. The Balaban J connectivity index is 1.77. The van der Waals surface area contributed by atoms with Crippen LogP contribution in [0, 0.1) is 5.82 Å². The van der Waals surface area contributed by atoms with Gasteiger partial charge in [0.15, 0.2) is 5.82 Å². The number of nitrogens with zero attached hydrogens (tertiary/aromatic N) is 5. The maximum absolute atomic E-state index is 13.5. The molecule has 0 aliphatic heterocycles. The van der Waals surface area contributed by atoms with E-state index >= 15 is 0 Å². The Labute approximate surface area is 177 Å². The van der Waals surface area contributed by atoms with E-state index in [4.69, 9.17) is 4.74 Å². The van der Waals surface area contributed by atoms with Crippen LogP contribution in [0.5, 0.6) is 6.01 Å². The molecule has 0 aliphatic rings. The first-order valence-electron chi connectivity index (χ1n) is 9.65. The van der Waals surface area contributed by atoms with Gasteiger partial charge in [-0.15, -0.1) is 10.2 Å². The highest BCUT2D eigenvalue weighted by molar-refractivity contribution is 6.61. The summed E-state index contributed by atoms with van der Waals surface area (Å²) < 4.78 is 20.4. The number of halogens is 1. The van der Waals surface area contributed by atoms with Gasteiger partial charge in [0.1, 0.15) is 11.5 Å². The largest absolute Gasteiger partial charge is 0.490 e. The number of methoxy groups -OCH3 is 1. The maximum atomic E-state index is 13.5. The number of para-hydroxylation sites is 1. The van der Waals surface area contributed by atoms with Crippen LogP contribution in [0.15, 0.2) is 42.5 Å². The molecule has 0 aliphatic carbocycles. The van der Waals surface area contributed by atoms with E-state index in [9.17, 15) is 14.4 Å². The van der Waals surface area contributed by atoms with Gasteiger partial charge in [-0.05, 0) is 30.2 Å². The van der Waals surface area contributed by atoms with Crippen molar-refractivity contribution < 1.29 is 19.2 Å². The average Bonchev–Trinajstić information content (AvgIpc) is 3.16. The minimum atomic E-state index is -1.69. The third-order valence-electron chi connectivity index (χ3n) is 4.78. The van der Waals surface area contributed by atoms with Crippen molar-refractivity contribution in [2.24, 2.45) is 0 Å². The number of hydrogen-bond donors (Lipinski definition) is 3. The average molecular weight is 422 g/mol. The molecule has 11 heteroatoms. The molecule has 31 heavy (non-hydrogen) atoms. The van der Waals surface area contributed by atoms with E-state index in [1.54, 1.807) is 28.8 Å². The van der Waals surface area contributed by atoms with Gasteiger partial charge in [0, 0.05) is 12.0 Å². The van der Waals surface area contributed by atoms with Crippen molar-refractivity contribution in [2.45, 2.75) is 19.9 Å². The highest BCUT2D eigenvalue weighted by Gasteiger charge is 2.23. The fraction of sp³-hybridized carbons (Fsp3) is 0.200. The fourth-order valence-electron chi connectivity index (χ4n) is 3.28. The van der Waals surface area contributed by atoms with E-state index in [1.165, 1.54) is 19.2 Å². The summed E-state index contributed by atoms with van der Waals surface area (Å²) in [4.78, 5) is 8.95. The molecule has 3 N–H and O–H groups in total. The lowest BCUT2D eigenvalue weighted by Crippen LogP contribution is -2.30. The molecule has 9 nitrogen and oxygen atoms in total. The zero-order chi connectivity index (χ0) is 22.0. The van der Waals surface area contributed by atoms with Crippen LogP contribution in [0.4, 0.5) is 10.2 Å². The molecule has 0 spiro atoms. The fourth-order valence-corrected chi connectivity index (χ4v) is 3.28. The monoisotopic (exact) mass is 422 g/mol. The van der Waals surface area contributed by atoms with Gasteiger partial charge in [0.05, 0.1) is 18.1 Å². The van der Waals surface area contributed by atoms with Gasteiger partial charge in [0.25, 0.3) is 5.95 Å². The number of aromatic nitrogens is 5. The van der Waals surface area contributed by atoms with E-state index in [2.05, 4.69) is 25.5 Å². The molecule has 0 saturated heterocycles. The second kappa shape index (κ2) is 8.66. The standard InChI is InChI=1S/C20H20BFN6O3/c1-3-15-18(23-11-12-6-4-7-13(22)10-12)25-19(27-26-15)28-16-9-5-8-14(21(29)30)17(16)24-20(28)31-2/h4-10,29-30H,3,11H2,1-2H3,(H,23,25,27). The summed E-state index contributed by atoms with van der Waals surface area (Å²) in [6, 6.07) is 11.4. The second-order valence-corrected chi connectivity index (χ2v) is 6.77. The summed E-state index contributed by atoms with van der Waals surface area (Å²) in [7, 11) is -0.245. The first-order valence-corrected chi connectivity index (χ1v) is 9.65. The molecule has 2 heterocycles. The Hall–Kier alpha value is -3.57. The summed E-state index contributed by atoms with van der Waals surface area (Å²) in [5.74, 6) is 0.384. The smallest absolute Gasteiger partial charge is 0.468 e. The molecule has 4 rings (SSSR count). The van der Waals surface area contributed by atoms with E-state index in [1.807, 2.05) is 13.0 Å². The van der Waals surface area contributed by atoms with Crippen LogP contribution < -0.4 is 15.5 Å². The third-order valence-corrected chi connectivity index (χ3v) is 4.78. The summed E-state index contributed by atoms with van der Waals surface area (Å²) in [5, 5.41) is 31.0. The van der Waals surface area contributed by atoms with Crippen molar-refractivity contribution in [3.05, 3.63) is 59.5 Å². The van der Waals surface area contributed by atoms with Gasteiger partial charge in [-0.25, -0.2) is 8.96 Å². The van der Waals surface area contributed by atoms with Crippen LogP contribution in [0.1, 0.15) is 18.2 Å². The van der Waals surface area contributed by atoms with Gasteiger partial charge in [-0.3, -0.25) is 0 Å². The van der Waals surface area contributed by atoms with Crippen LogP contribution in [-0.4, -0.2) is 49.0 Å². The van der Waals surface area contributed by atoms with Crippen LogP contribution in [0.2, 0.25) is 0 Å². The quantitative estimate of drug-likeness (QED) is 0.381. The van der Waals surface area contributed by atoms with Gasteiger partial charge in [-0.1, -0.05) is 31.2 Å². The van der Waals surface area contributed by atoms with Crippen LogP contribution >= 0.6 is 0 Å². The number of rotatable bonds is 7. The number of aryl methyl sites for hydroxylation is 1. The lowest BCUT2D eigenvalue weighted by Gasteiger charge is -2.12. The lowest BCUT2D eigenvalue weighted by molar-refractivity contribution is 0.373. The summed E-state index contributed by atoms with van der Waals surface area (Å²) in [5.41, 5.74) is 2.53. The number of hydrogen-bond acceptors (Lipinski definition) is 8. The molecule has 0 saturated carbocycles. The number of benzene rings is 2. The minimum Gasteiger partial charge on any atom is -0.468 e. The molecule has 158 valence electrons. The lowest BCUT2D eigenvalue weighted by atomic mass is 9.79. The SMILES string of the molecule is CCc1nnc(-n2c(OC)nc3c(B(O)O)cccc32)nc1NCc1cccc(F)c1. The molecule has 2 aromatic heterocycles. The molecule has 2 aromatic carbocycles. The summed E-state index contributed by atoms with van der Waals surface area (Å²) >= 11 is 0. The summed E-state index contributed by atoms with van der Waals surface area (Å²) in [6.45, 7) is 2.28. The molecule has 0 atom stereocenters. The predicted molar refractivity (Wildman–Crippen MR) is 114 cm³/mol. The minimum absolute atomic E-state index is 0.172. The number of imidazole rings is 1. The van der Waals surface area contributed by atoms with E-state index in [0.29, 0.717) is 35.5 Å². The molecular weight excluding hydrogens is 402 g/mol. The van der Waals surface area contributed by atoms with Crippen molar-refractivity contribution in [2.75, 3.05) is 12.4 Å². The van der Waals surface area contributed by atoms with Crippen molar-refractivity contribution in [3.8, 4) is 12.0 Å². The van der Waals surface area contributed by atoms with Crippen molar-refractivity contribution >= 4 is 29.4 Å². The van der Waals surface area contributed by atoms with Crippen molar-refractivity contribution in [1.82, 2.24) is 24.7 Å². The number of anilines is 1. The predicted octanol–water partition coefficient (Wildman–Crippen LogP) is 1.21. The van der Waals surface area contributed by atoms with E-state index in [-0.39, 0.29) is 23.2 Å². The van der Waals surface area contributed by atoms with E-state index < -0.39 is 7.12 Å². The molecule has 0 bridgehead atoms. The topological polar surface area (TPSA) is 118 Å². The zero-order valence-electron chi connectivity index (χ0n) is 16.9. The van der Waals surface area contributed by atoms with Gasteiger partial charge >= 0.3 is 13.1 Å². The zero-order valence-corrected chi connectivity index (χ0v) is 16.9. The molecular formula is C20H20BFN6O3. The second-order valence-electron chi connectivity index (χ2n) is 6.77. The number of ether oxygens (including phenoxy) is 1. The molecule has 0 amide bonds. The van der Waals surface area contributed by atoms with Crippen LogP contribution in [0.3, 0.4) is 0 Å². The Morgan fingerprint density at radius 1 is 1.13 bits per heavy atom. The number of fused-ring (bicyclic) bond motifs is 1. The van der Waals surface area contributed by atoms with E-state index in [0.717, 1.165) is 5.56 Å². The van der Waals surface area contributed by atoms with Crippen molar-refractivity contribution in [1.29, 1.82) is 0 Å². The Kier molecular flexibility index (Phi) is 5.78. The molecule has 0 unspecified atom stereocenters. The molecule has 0 fully saturated rings. The normalized spacial score (nSPS) is 11.0. The Morgan fingerprint density at radius 2 is 1.94 bits per heavy atom. The Morgan fingerprint density at radius 3 is 2.65 bits per heavy atom. The van der Waals surface area contributed by atoms with Gasteiger partial charge in [-0.2, -0.15) is 9.97 Å². The van der Waals surface area contributed by atoms with Crippen molar-refractivity contribution in [3.63, 3.8) is 0 Å². The highest BCUT2D eigenvalue weighted by atomic mass is 19.1. The first kappa shape index (κ1) is 20.7. The molecule has 0 radical (unpaired) electrons. The van der Waals surface area contributed by atoms with Gasteiger partial charge in [0.2, 0.25) is 0 Å².